The van der Waals surface area contributed by atoms with Gasteiger partial charge in [0.2, 0.25) is 0 Å². The summed E-state index contributed by atoms with van der Waals surface area (Å²) in [4.78, 5) is 15.1. The Morgan fingerprint density at radius 3 is 2.70 bits per heavy atom. The zero-order valence-corrected chi connectivity index (χ0v) is 17.0. The van der Waals surface area contributed by atoms with Gasteiger partial charge < -0.3 is 4.98 Å². The number of benzene rings is 1. The van der Waals surface area contributed by atoms with Crippen molar-refractivity contribution in [3.8, 4) is 33.1 Å². The van der Waals surface area contributed by atoms with E-state index in [1.807, 2.05) is 35.7 Å². The lowest BCUT2D eigenvalue weighted by molar-refractivity contribution is 1.10. The van der Waals surface area contributed by atoms with Crippen LogP contribution in [0.4, 0.5) is 0 Å². The van der Waals surface area contributed by atoms with Gasteiger partial charge >= 0.3 is 0 Å². The Morgan fingerprint density at radius 1 is 0.900 bits per heavy atom. The predicted octanol–water partition coefficient (Wildman–Crippen LogP) is 6.21. The number of H-pyrrole nitrogens is 2. The first kappa shape index (κ1) is 17.1. The average molecular weight is 408 g/mol. The van der Waals surface area contributed by atoms with Crippen LogP contribution >= 0.6 is 11.3 Å². The van der Waals surface area contributed by atoms with Crippen molar-refractivity contribution in [3.05, 3.63) is 77.9 Å². The van der Waals surface area contributed by atoms with Crippen molar-refractivity contribution in [2.45, 2.75) is 6.92 Å². The fourth-order valence-corrected chi connectivity index (χ4v) is 4.77. The monoisotopic (exact) mass is 407 g/mol. The Hall–Kier alpha value is -3.77. The van der Waals surface area contributed by atoms with Crippen LogP contribution in [0.1, 0.15) is 4.88 Å². The number of fused-ring (bicyclic) bond motifs is 2. The highest BCUT2D eigenvalue weighted by Gasteiger charge is 2.15. The van der Waals surface area contributed by atoms with Gasteiger partial charge in [0, 0.05) is 49.6 Å². The van der Waals surface area contributed by atoms with E-state index in [0.717, 1.165) is 33.5 Å². The predicted molar refractivity (Wildman–Crippen MR) is 122 cm³/mol. The van der Waals surface area contributed by atoms with Crippen LogP contribution in [0.25, 0.3) is 55.0 Å². The molecule has 0 saturated heterocycles. The van der Waals surface area contributed by atoms with Gasteiger partial charge in [0.25, 0.3) is 0 Å². The Kier molecular flexibility index (Phi) is 3.79. The fourth-order valence-electron chi connectivity index (χ4n) is 3.86. The maximum Gasteiger partial charge on any atom is 0.181 e. The highest BCUT2D eigenvalue weighted by atomic mass is 32.1. The van der Waals surface area contributed by atoms with Gasteiger partial charge in [0.05, 0.1) is 17.1 Å². The number of pyridine rings is 2. The van der Waals surface area contributed by atoms with Crippen molar-refractivity contribution in [2.75, 3.05) is 0 Å². The molecule has 0 fully saturated rings. The minimum atomic E-state index is 0.692. The third kappa shape index (κ3) is 2.73. The van der Waals surface area contributed by atoms with E-state index < -0.39 is 0 Å². The van der Waals surface area contributed by atoms with E-state index >= 15 is 0 Å². The summed E-state index contributed by atoms with van der Waals surface area (Å²) >= 11 is 1.81. The molecule has 6 heteroatoms. The minimum absolute atomic E-state index is 0.692. The Balaban J connectivity index is 1.52. The second kappa shape index (κ2) is 6.64. The number of nitrogens with one attached hydrogen (secondary N) is 2. The minimum Gasteiger partial charge on any atom is -0.353 e. The van der Waals surface area contributed by atoms with Crippen LogP contribution in [0.15, 0.2) is 73.1 Å². The van der Waals surface area contributed by atoms with Crippen LogP contribution in [0.2, 0.25) is 0 Å². The Labute approximate surface area is 176 Å². The second-order valence-corrected chi connectivity index (χ2v) is 8.56. The molecule has 1 aromatic carbocycles. The summed E-state index contributed by atoms with van der Waals surface area (Å²) < 4.78 is 0. The van der Waals surface area contributed by atoms with Crippen molar-refractivity contribution in [1.82, 2.24) is 25.1 Å². The lowest BCUT2D eigenvalue weighted by Crippen LogP contribution is -1.85. The van der Waals surface area contributed by atoms with E-state index in [1.54, 1.807) is 6.20 Å². The summed E-state index contributed by atoms with van der Waals surface area (Å²) in [5.41, 5.74) is 6.82. The van der Waals surface area contributed by atoms with Crippen molar-refractivity contribution in [3.63, 3.8) is 0 Å². The Bertz CT molecular complexity index is 1510. The lowest BCUT2D eigenvalue weighted by atomic mass is 10.1. The first-order valence-electron chi connectivity index (χ1n) is 9.71. The van der Waals surface area contributed by atoms with Crippen LogP contribution in [-0.2, 0) is 0 Å². The maximum absolute atomic E-state index is 4.53. The van der Waals surface area contributed by atoms with Gasteiger partial charge in [-0.2, -0.15) is 5.10 Å². The quantitative estimate of drug-likeness (QED) is 0.367. The van der Waals surface area contributed by atoms with Crippen molar-refractivity contribution in [2.24, 2.45) is 0 Å². The summed E-state index contributed by atoms with van der Waals surface area (Å²) in [6.07, 6.45) is 3.61. The van der Waals surface area contributed by atoms with Crippen LogP contribution in [0.5, 0.6) is 0 Å². The maximum atomic E-state index is 4.53. The molecule has 0 atom stereocenters. The molecule has 0 aliphatic heterocycles. The summed E-state index contributed by atoms with van der Waals surface area (Å²) in [6, 6.07) is 20.9. The summed E-state index contributed by atoms with van der Waals surface area (Å²) in [6.45, 7) is 2.14. The van der Waals surface area contributed by atoms with Gasteiger partial charge in [-0.3, -0.25) is 10.1 Å². The topological polar surface area (TPSA) is 70.2 Å². The number of nitrogens with zero attached hydrogens (tertiary/aromatic N) is 3. The third-order valence-corrected chi connectivity index (χ3v) is 6.34. The third-order valence-electron chi connectivity index (χ3n) is 5.31. The van der Waals surface area contributed by atoms with Crippen molar-refractivity contribution < 1.29 is 0 Å². The van der Waals surface area contributed by atoms with E-state index in [2.05, 4.69) is 74.5 Å². The molecule has 0 radical (unpaired) electrons. The van der Waals surface area contributed by atoms with Gasteiger partial charge in [-0.1, -0.05) is 18.2 Å². The molecule has 2 N–H and O–H groups in total. The number of rotatable bonds is 3. The van der Waals surface area contributed by atoms with Gasteiger partial charge in [0.15, 0.2) is 5.65 Å². The van der Waals surface area contributed by atoms with Gasteiger partial charge in [-0.25, -0.2) is 4.98 Å². The average Bonchev–Trinajstić information content (AvgIpc) is 3.51. The highest BCUT2D eigenvalue weighted by Crippen LogP contribution is 2.36. The zero-order chi connectivity index (χ0) is 20.1. The number of hydrogen-bond donors (Lipinski definition) is 2. The molecule has 0 spiro atoms. The smallest absolute Gasteiger partial charge is 0.181 e. The number of aromatic nitrogens is 5. The van der Waals surface area contributed by atoms with Crippen LogP contribution in [0, 0.1) is 6.92 Å². The zero-order valence-electron chi connectivity index (χ0n) is 16.2. The molecule has 0 aliphatic rings. The van der Waals surface area contributed by atoms with E-state index in [9.17, 15) is 0 Å². The van der Waals surface area contributed by atoms with E-state index in [4.69, 9.17) is 0 Å². The molecule has 0 aliphatic carbocycles. The van der Waals surface area contributed by atoms with Crippen LogP contribution < -0.4 is 0 Å². The van der Waals surface area contributed by atoms with E-state index in [0.29, 0.717) is 5.65 Å². The van der Waals surface area contributed by atoms with Gasteiger partial charge in [-0.05, 0) is 49.4 Å². The molecule has 6 rings (SSSR count). The number of hydrogen-bond acceptors (Lipinski definition) is 4. The number of thiophene rings is 1. The molecule has 0 amide bonds. The summed E-state index contributed by atoms with van der Waals surface area (Å²) in [5, 5.41) is 9.75. The molecule has 144 valence electrons. The highest BCUT2D eigenvalue weighted by molar-refractivity contribution is 7.15. The van der Waals surface area contributed by atoms with Crippen molar-refractivity contribution >= 4 is 33.3 Å². The molecular formula is C24H17N5S. The SMILES string of the molecule is Cc1ccc(-c2cccc3[nH]c(-c4[nH]nc5ncc(-c6ccccn6)cc45)cc23)s1. The van der Waals surface area contributed by atoms with E-state index in [-0.39, 0.29) is 0 Å². The molecule has 5 nitrogen and oxygen atoms in total. The standard InChI is InChI=1S/C24H17N5S/c1-14-8-9-22(30-14)16-5-4-7-20-17(16)12-21(27-20)23-18-11-15(13-26-24(18)29-28-23)19-6-2-3-10-25-19/h2-13,27H,1H3,(H,26,28,29). The lowest BCUT2D eigenvalue weighted by Gasteiger charge is -2.00. The molecule has 6 aromatic rings. The number of aryl methyl sites for hydroxylation is 1. The summed E-state index contributed by atoms with van der Waals surface area (Å²) in [7, 11) is 0. The second-order valence-electron chi connectivity index (χ2n) is 7.27. The van der Waals surface area contributed by atoms with Crippen LogP contribution in [0.3, 0.4) is 0 Å². The molecule has 5 heterocycles. The number of aromatic amines is 2. The van der Waals surface area contributed by atoms with Gasteiger partial charge in [0.1, 0.15) is 0 Å². The van der Waals surface area contributed by atoms with E-state index in [1.165, 1.54) is 20.7 Å². The van der Waals surface area contributed by atoms with Gasteiger partial charge in [-0.15, -0.1) is 11.3 Å². The largest absolute Gasteiger partial charge is 0.353 e. The molecule has 30 heavy (non-hydrogen) atoms. The Morgan fingerprint density at radius 2 is 1.87 bits per heavy atom. The molecule has 0 unspecified atom stereocenters. The van der Waals surface area contributed by atoms with Crippen molar-refractivity contribution in [1.29, 1.82) is 0 Å². The first-order chi connectivity index (χ1) is 14.8. The first-order valence-corrected chi connectivity index (χ1v) is 10.5. The molecular weight excluding hydrogens is 390 g/mol. The normalized spacial score (nSPS) is 11.5. The summed E-state index contributed by atoms with van der Waals surface area (Å²) in [5.74, 6) is 0. The molecule has 0 bridgehead atoms. The molecule has 5 aromatic heterocycles. The fraction of sp³-hybridized carbons (Fsp3) is 0.0417. The molecule has 0 saturated carbocycles. The van der Waals surface area contributed by atoms with Crippen LogP contribution in [-0.4, -0.2) is 25.1 Å².